The van der Waals surface area contributed by atoms with E-state index in [4.69, 9.17) is 4.74 Å². The molecule has 6 heteroatoms. The molecule has 0 radical (unpaired) electrons. The fourth-order valence-corrected chi connectivity index (χ4v) is 2.70. The molecule has 2 N–H and O–H groups in total. The molecular formula is C16H22N2O4. The number of Topliss-reactive ketones (excluding diaryl/α,β-unsaturated/α-hetero) is 1. The quantitative estimate of drug-likeness (QED) is 0.619. The van der Waals surface area contributed by atoms with Crippen molar-refractivity contribution < 1.29 is 19.1 Å². The molecule has 0 unspecified atom stereocenters. The zero-order chi connectivity index (χ0) is 16.4. The molecule has 6 nitrogen and oxygen atoms in total. The highest BCUT2D eigenvalue weighted by molar-refractivity contribution is 6.01. The predicted molar refractivity (Wildman–Crippen MR) is 80.9 cm³/mol. The number of esters is 1. The number of methoxy groups -OCH3 is 1. The van der Waals surface area contributed by atoms with Gasteiger partial charge in [0.05, 0.1) is 24.8 Å². The van der Waals surface area contributed by atoms with Gasteiger partial charge in [0.15, 0.2) is 5.78 Å². The van der Waals surface area contributed by atoms with Gasteiger partial charge in [-0.05, 0) is 38.2 Å². The van der Waals surface area contributed by atoms with Crippen LogP contribution in [0.15, 0.2) is 0 Å². The van der Waals surface area contributed by atoms with Crippen molar-refractivity contribution in [2.45, 2.75) is 46.1 Å². The maximum absolute atomic E-state index is 12.1. The second kappa shape index (κ2) is 6.34. The van der Waals surface area contributed by atoms with Gasteiger partial charge in [0.2, 0.25) is 5.91 Å². The number of hydrogen-bond acceptors (Lipinski definition) is 4. The number of hydrogen-bond donors (Lipinski definition) is 2. The topological polar surface area (TPSA) is 88.3 Å². The summed E-state index contributed by atoms with van der Waals surface area (Å²) in [5.41, 5.74) is 1.58. The SMILES string of the molecule is COC(=O)c1c(CC(=O)N[C@H](C)C2CC2)[nH]c(C(C)=O)c1C. The molecule has 1 heterocycles. The number of aromatic nitrogens is 1. The molecule has 1 aromatic rings. The van der Waals surface area contributed by atoms with Crippen molar-refractivity contribution in [3.63, 3.8) is 0 Å². The number of H-pyrrole nitrogens is 1. The molecule has 1 saturated carbocycles. The summed E-state index contributed by atoms with van der Waals surface area (Å²) >= 11 is 0. The van der Waals surface area contributed by atoms with Gasteiger partial charge in [-0.1, -0.05) is 0 Å². The third-order valence-electron chi connectivity index (χ3n) is 4.12. The van der Waals surface area contributed by atoms with Gasteiger partial charge in [-0.15, -0.1) is 0 Å². The van der Waals surface area contributed by atoms with Crippen LogP contribution in [0, 0.1) is 12.8 Å². The van der Waals surface area contributed by atoms with Crippen LogP contribution in [0.4, 0.5) is 0 Å². The maximum Gasteiger partial charge on any atom is 0.339 e. The van der Waals surface area contributed by atoms with E-state index in [2.05, 4.69) is 10.3 Å². The monoisotopic (exact) mass is 306 g/mol. The van der Waals surface area contributed by atoms with E-state index in [1.54, 1.807) is 6.92 Å². The first-order valence-electron chi connectivity index (χ1n) is 7.45. The van der Waals surface area contributed by atoms with Gasteiger partial charge in [0.25, 0.3) is 0 Å². The Morgan fingerprint density at radius 2 is 2.00 bits per heavy atom. The average molecular weight is 306 g/mol. The van der Waals surface area contributed by atoms with Crippen LogP contribution < -0.4 is 5.32 Å². The highest BCUT2D eigenvalue weighted by atomic mass is 16.5. The minimum atomic E-state index is -0.542. The molecule has 1 aliphatic rings. The Morgan fingerprint density at radius 1 is 1.36 bits per heavy atom. The molecule has 120 valence electrons. The standard InChI is InChI=1S/C16H22N2O4/c1-8-14(16(21)22-4)12(18-15(8)10(3)19)7-13(20)17-9(2)11-5-6-11/h9,11,18H,5-7H2,1-4H3,(H,17,20)/t9-/m1/s1. The average Bonchev–Trinajstić information content (AvgIpc) is 3.23. The van der Waals surface area contributed by atoms with E-state index in [1.807, 2.05) is 6.92 Å². The van der Waals surface area contributed by atoms with E-state index >= 15 is 0 Å². The largest absolute Gasteiger partial charge is 0.465 e. The van der Waals surface area contributed by atoms with Crippen molar-refractivity contribution in [2.75, 3.05) is 7.11 Å². The summed E-state index contributed by atoms with van der Waals surface area (Å²) in [4.78, 5) is 38.6. The number of rotatable bonds is 6. The number of ether oxygens (including phenoxy) is 1. The van der Waals surface area contributed by atoms with Crippen LogP contribution in [0.2, 0.25) is 0 Å². The normalized spacial score (nSPS) is 15.3. The predicted octanol–water partition coefficient (Wildman–Crippen LogP) is 1.77. The molecule has 0 aromatic carbocycles. The van der Waals surface area contributed by atoms with Crippen LogP contribution >= 0.6 is 0 Å². The van der Waals surface area contributed by atoms with Crippen LogP contribution in [0.1, 0.15) is 58.8 Å². The van der Waals surface area contributed by atoms with Crippen molar-refractivity contribution in [3.05, 3.63) is 22.5 Å². The molecule has 1 atom stereocenters. The number of carbonyl (C=O) groups excluding carboxylic acids is 3. The lowest BCUT2D eigenvalue weighted by molar-refractivity contribution is -0.121. The second-order valence-corrected chi connectivity index (χ2v) is 5.90. The van der Waals surface area contributed by atoms with E-state index in [9.17, 15) is 14.4 Å². The molecule has 0 spiro atoms. The highest BCUT2D eigenvalue weighted by Gasteiger charge is 2.30. The van der Waals surface area contributed by atoms with E-state index in [-0.39, 0.29) is 29.7 Å². The van der Waals surface area contributed by atoms with Crippen LogP contribution in [0.5, 0.6) is 0 Å². The molecule has 0 aliphatic heterocycles. The third kappa shape index (κ3) is 3.37. The maximum atomic E-state index is 12.1. The first-order valence-corrected chi connectivity index (χ1v) is 7.45. The Morgan fingerprint density at radius 3 is 2.50 bits per heavy atom. The zero-order valence-electron chi connectivity index (χ0n) is 13.4. The van der Waals surface area contributed by atoms with E-state index in [0.717, 1.165) is 12.8 Å². The Labute approximate surface area is 129 Å². The summed E-state index contributed by atoms with van der Waals surface area (Å²) in [7, 11) is 1.28. The summed E-state index contributed by atoms with van der Waals surface area (Å²) in [5, 5.41) is 2.94. The Bertz CT molecular complexity index is 614. The summed E-state index contributed by atoms with van der Waals surface area (Å²) in [5.74, 6) is -0.331. The molecule has 0 bridgehead atoms. The van der Waals surface area contributed by atoms with Gasteiger partial charge in [-0.3, -0.25) is 9.59 Å². The number of carbonyl (C=O) groups is 3. The molecule has 1 aromatic heterocycles. The molecule has 2 rings (SSSR count). The summed E-state index contributed by atoms with van der Waals surface area (Å²) in [6, 6.07) is 0.136. The van der Waals surface area contributed by atoms with Gasteiger partial charge >= 0.3 is 5.97 Å². The van der Waals surface area contributed by atoms with Gasteiger partial charge < -0.3 is 15.0 Å². The molecule has 1 fully saturated rings. The van der Waals surface area contributed by atoms with Crippen molar-refractivity contribution in [1.82, 2.24) is 10.3 Å². The Balaban J connectivity index is 2.21. The molecule has 1 aliphatic carbocycles. The van der Waals surface area contributed by atoms with Crippen LogP contribution in [-0.2, 0) is 16.0 Å². The zero-order valence-corrected chi connectivity index (χ0v) is 13.4. The van der Waals surface area contributed by atoms with Crippen LogP contribution in [0.25, 0.3) is 0 Å². The van der Waals surface area contributed by atoms with Crippen molar-refractivity contribution in [3.8, 4) is 0 Å². The fraction of sp³-hybridized carbons (Fsp3) is 0.562. The van der Waals surface area contributed by atoms with Crippen molar-refractivity contribution in [2.24, 2.45) is 5.92 Å². The molecule has 22 heavy (non-hydrogen) atoms. The van der Waals surface area contributed by atoms with E-state index < -0.39 is 5.97 Å². The van der Waals surface area contributed by atoms with Crippen LogP contribution in [0.3, 0.4) is 0 Å². The highest BCUT2D eigenvalue weighted by Crippen LogP contribution is 2.32. The lowest BCUT2D eigenvalue weighted by Gasteiger charge is -2.12. The second-order valence-electron chi connectivity index (χ2n) is 5.90. The van der Waals surface area contributed by atoms with Gasteiger partial charge in [-0.2, -0.15) is 0 Å². The fourth-order valence-electron chi connectivity index (χ4n) is 2.70. The number of nitrogens with one attached hydrogen (secondary N) is 2. The molecule has 1 amide bonds. The molecule has 0 saturated heterocycles. The van der Waals surface area contributed by atoms with E-state index in [0.29, 0.717) is 22.9 Å². The van der Waals surface area contributed by atoms with Crippen molar-refractivity contribution in [1.29, 1.82) is 0 Å². The van der Waals surface area contributed by atoms with E-state index in [1.165, 1.54) is 14.0 Å². The lowest BCUT2D eigenvalue weighted by Crippen LogP contribution is -2.35. The minimum absolute atomic E-state index is 0.0234. The van der Waals surface area contributed by atoms with Gasteiger partial charge in [0, 0.05) is 18.7 Å². The lowest BCUT2D eigenvalue weighted by atomic mass is 10.1. The third-order valence-corrected chi connectivity index (χ3v) is 4.12. The summed E-state index contributed by atoms with van der Waals surface area (Å²) < 4.78 is 4.76. The number of aromatic amines is 1. The number of ketones is 1. The van der Waals surface area contributed by atoms with Crippen LogP contribution in [-0.4, -0.2) is 35.8 Å². The summed E-state index contributed by atoms with van der Waals surface area (Å²) in [6.45, 7) is 5.07. The molecular weight excluding hydrogens is 284 g/mol. The first kappa shape index (κ1) is 16.3. The van der Waals surface area contributed by atoms with Gasteiger partial charge in [0.1, 0.15) is 0 Å². The first-order chi connectivity index (χ1) is 10.3. The number of amides is 1. The van der Waals surface area contributed by atoms with Gasteiger partial charge in [-0.25, -0.2) is 4.79 Å². The van der Waals surface area contributed by atoms with Crippen molar-refractivity contribution >= 4 is 17.7 Å². The minimum Gasteiger partial charge on any atom is -0.465 e. The Kier molecular flexibility index (Phi) is 4.68. The smallest absolute Gasteiger partial charge is 0.339 e. The summed E-state index contributed by atoms with van der Waals surface area (Å²) in [6.07, 6.45) is 2.31. The Hall–Kier alpha value is -2.11.